The maximum Gasteiger partial charge on any atom is 0.0462 e. The lowest BCUT2D eigenvalue weighted by molar-refractivity contribution is 0.164. The summed E-state index contributed by atoms with van der Waals surface area (Å²) in [6.07, 6.45) is 3.76. The average Bonchev–Trinajstić information content (AvgIpc) is 2.24. The summed E-state index contributed by atoms with van der Waals surface area (Å²) in [6, 6.07) is 0.705. The third kappa shape index (κ3) is 5.83. The first-order valence-electron chi connectivity index (χ1n) is 6.67. The summed E-state index contributed by atoms with van der Waals surface area (Å²) in [6.45, 7) is 10.3. The molecule has 1 aliphatic rings. The Labute approximate surface area is 101 Å². The SMILES string of the molecule is COCCCCN1CCNC(CC(C)C)C1. The number of nitrogens with zero attached hydrogens (tertiary/aromatic N) is 1. The van der Waals surface area contributed by atoms with Crippen LogP contribution in [0.5, 0.6) is 0 Å². The van der Waals surface area contributed by atoms with E-state index in [9.17, 15) is 0 Å². The zero-order chi connectivity index (χ0) is 11.8. The molecule has 0 amide bonds. The first-order chi connectivity index (χ1) is 7.72. The fraction of sp³-hybridized carbons (Fsp3) is 1.00. The Kier molecular flexibility index (Phi) is 7.01. The molecule has 1 aliphatic heterocycles. The normalized spacial score (nSPS) is 22.9. The monoisotopic (exact) mass is 228 g/mol. The molecule has 1 atom stereocenters. The quantitative estimate of drug-likeness (QED) is 0.672. The van der Waals surface area contributed by atoms with E-state index < -0.39 is 0 Å². The van der Waals surface area contributed by atoms with Crippen molar-refractivity contribution in [3.05, 3.63) is 0 Å². The second-order valence-corrected chi connectivity index (χ2v) is 5.28. The summed E-state index contributed by atoms with van der Waals surface area (Å²) in [5, 5.41) is 3.62. The number of unbranched alkanes of at least 4 members (excludes halogenated alkanes) is 1. The van der Waals surface area contributed by atoms with Crippen LogP contribution in [0.3, 0.4) is 0 Å². The molecular formula is C13H28N2O. The summed E-state index contributed by atoms with van der Waals surface area (Å²) in [5.74, 6) is 0.797. The topological polar surface area (TPSA) is 24.5 Å². The highest BCUT2D eigenvalue weighted by atomic mass is 16.5. The largest absolute Gasteiger partial charge is 0.385 e. The molecule has 96 valence electrons. The van der Waals surface area contributed by atoms with Gasteiger partial charge in [-0.05, 0) is 31.7 Å². The molecule has 0 spiro atoms. The zero-order valence-corrected chi connectivity index (χ0v) is 11.2. The number of nitrogens with one attached hydrogen (secondary N) is 1. The number of ether oxygens (including phenoxy) is 1. The highest BCUT2D eigenvalue weighted by Crippen LogP contribution is 2.10. The summed E-state index contributed by atoms with van der Waals surface area (Å²) >= 11 is 0. The Bertz CT molecular complexity index is 173. The highest BCUT2D eigenvalue weighted by molar-refractivity contribution is 4.79. The van der Waals surface area contributed by atoms with Crippen molar-refractivity contribution in [2.24, 2.45) is 5.92 Å². The fourth-order valence-electron chi connectivity index (χ4n) is 2.41. The maximum atomic E-state index is 5.07. The van der Waals surface area contributed by atoms with Crippen LogP contribution in [0.1, 0.15) is 33.1 Å². The number of piperazine rings is 1. The van der Waals surface area contributed by atoms with Gasteiger partial charge < -0.3 is 15.0 Å². The summed E-state index contributed by atoms with van der Waals surface area (Å²) in [4.78, 5) is 2.60. The van der Waals surface area contributed by atoms with Crippen molar-refractivity contribution in [3.8, 4) is 0 Å². The van der Waals surface area contributed by atoms with Gasteiger partial charge in [-0.25, -0.2) is 0 Å². The van der Waals surface area contributed by atoms with Crippen molar-refractivity contribution in [1.29, 1.82) is 0 Å². The molecule has 0 saturated carbocycles. The minimum Gasteiger partial charge on any atom is -0.385 e. The van der Waals surface area contributed by atoms with E-state index in [0.717, 1.165) is 19.1 Å². The maximum absolute atomic E-state index is 5.07. The van der Waals surface area contributed by atoms with Gasteiger partial charge in [-0.2, -0.15) is 0 Å². The average molecular weight is 228 g/mol. The van der Waals surface area contributed by atoms with Gasteiger partial charge in [0.05, 0.1) is 0 Å². The second-order valence-electron chi connectivity index (χ2n) is 5.28. The van der Waals surface area contributed by atoms with Gasteiger partial charge in [0.25, 0.3) is 0 Å². The van der Waals surface area contributed by atoms with Crippen molar-refractivity contribution < 1.29 is 4.74 Å². The van der Waals surface area contributed by atoms with Crippen LogP contribution in [0.15, 0.2) is 0 Å². The van der Waals surface area contributed by atoms with E-state index in [1.807, 2.05) is 0 Å². The molecular weight excluding hydrogens is 200 g/mol. The lowest BCUT2D eigenvalue weighted by atomic mass is 10.0. The van der Waals surface area contributed by atoms with Crippen molar-refractivity contribution in [2.75, 3.05) is 39.9 Å². The van der Waals surface area contributed by atoms with E-state index in [1.165, 1.54) is 38.9 Å². The van der Waals surface area contributed by atoms with Crippen LogP contribution in [-0.4, -0.2) is 50.8 Å². The van der Waals surface area contributed by atoms with Gasteiger partial charge in [0.1, 0.15) is 0 Å². The van der Waals surface area contributed by atoms with E-state index in [4.69, 9.17) is 4.74 Å². The van der Waals surface area contributed by atoms with Crippen LogP contribution < -0.4 is 5.32 Å². The van der Waals surface area contributed by atoms with Crippen LogP contribution in [0, 0.1) is 5.92 Å². The molecule has 1 N–H and O–H groups in total. The number of hydrogen-bond acceptors (Lipinski definition) is 3. The molecule has 0 aromatic rings. The molecule has 0 radical (unpaired) electrons. The Balaban J connectivity index is 2.12. The molecule has 0 aromatic heterocycles. The molecule has 0 aromatic carbocycles. The number of rotatable bonds is 7. The van der Waals surface area contributed by atoms with Gasteiger partial charge in [-0.3, -0.25) is 0 Å². The summed E-state index contributed by atoms with van der Waals surface area (Å²) in [5.41, 5.74) is 0. The molecule has 3 heteroatoms. The van der Waals surface area contributed by atoms with Crippen LogP contribution in [0.2, 0.25) is 0 Å². The van der Waals surface area contributed by atoms with E-state index in [0.29, 0.717) is 6.04 Å². The third-order valence-electron chi connectivity index (χ3n) is 3.17. The predicted molar refractivity (Wildman–Crippen MR) is 68.8 cm³/mol. The van der Waals surface area contributed by atoms with E-state index in [-0.39, 0.29) is 0 Å². The third-order valence-corrected chi connectivity index (χ3v) is 3.17. The Morgan fingerprint density at radius 3 is 2.88 bits per heavy atom. The lowest BCUT2D eigenvalue weighted by Gasteiger charge is -2.34. The Morgan fingerprint density at radius 1 is 1.38 bits per heavy atom. The first-order valence-corrected chi connectivity index (χ1v) is 6.67. The highest BCUT2D eigenvalue weighted by Gasteiger charge is 2.19. The van der Waals surface area contributed by atoms with Crippen LogP contribution >= 0.6 is 0 Å². The van der Waals surface area contributed by atoms with Crippen molar-refractivity contribution in [2.45, 2.75) is 39.2 Å². The van der Waals surface area contributed by atoms with Crippen LogP contribution in [0.25, 0.3) is 0 Å². The Morgan fingerprint density at radius 2 is 2.19 bits per heavy atom. The summed E-state index contributed by atoms with van der Waals surface area (Å²) in [7, 11) is 1.78. The first kappa shape index (κ1) is 13.9. The predicted octanol–water partition coefficient (Wildman–Crippen LogP) is 1.73. The van der Waals surface area contributed by atoms with E-state index in [2.05, 4.69) is 24.1 Å². The van der Waals surface area contributed by atoms with Crippen LogP contribution in [-0.2, 0) is 4.74 Å². The van der Waals surface area contributed by atoms with Gasteiger partial charge in [-0.15, -0.1) is 0 Å². The molecule has 1 heterocycles. The van der Waals surface area contributed by atoms with Gasteiger partial charge >= 0.3 is 0 Å². The van der Waals surface area contributed by atoms with Gasteiger partial charge in [-0.1, -0.05) is 13.8 Å². The zero-order valence-electron chi connectivity index (χ0n) is 11.2. The molecule has 1 fully saturated rings. The van der Waals surface area contributed by atoms with Gasteiger partial charge in [0, 0.05) is 39.4 Å². The lowest BCUT2D eigenvalue weighted by Crippen LogP contribution is -2.51. The minimum atomic E-state index is 0.705. The van der Waals surface area contributed by atoms with Crippen molar-refractivity contribution in [3.63, 3.8) is 0 Å². The second kappa shape index (κ2) is 8.04. The van der Waals surface area contributed by atoms with Gasteiger partial charge in [0.15, 0.2) is 0 Å². The molecule has 3 nitrogen and oxygen atoms in total. The van der Waals surface area contributed by atoms with Crippen molar-refractivity contribution >= 4 is 0 Å². The molecule has 0 bridgehead atoms. The minimum absolute atomic E-state index is 0.705. The standard InChI is InChI=1S/C13H28N2O/c1-12(2)10-13-11-15(8-6-14-13)7-4-5-9-16-3/h12-14H,4-11H2,1-3H3. The molecule has 1 saturated heterocycles. The Hall–Kier alpha value is -0.120. The van der Waals surface area contributed by atoms with Crippen molar-refractivity contribution in [1.82, 2.24) is 10.2 Å². The van der Waals surface area contributed by atoms with E-state index >= 15 is 0 Å². The molecule has 1 unspecified atom stereocenters. The fourth-order valence-corrected chi connectivity index (χ4v) is 2.41. The summed E-state index contributed by atoms with van der Waals surface area (Å²) < 4.78 is 5.07. The molecule has 0 aliphatic carbocycles. The van der Waals surface area contributed by atoms with E-state index in [1.54, 1.807) is 7.11 Å². The smallest absolute Gasteiger partial charge is 0.0462 e. The molecule has 16 heavy (non-hydrogen) atoms. The number of hydrogen-bond donors (Lipinski definition) is 1. The van der Waals surface area contributed by atoms with Gasteiger partial charge in [0.2, 0.25) is 0 Å². The van der Waals surface area contributed by atoms with Crippen LogP contribution in [0.4, 0.5) is 0 Å². The number of methoxy groups -OCH3 is 1. The molecule has 1 rings (SSSR count).